The van der Waals surface area contributed by atoms with Crippen molar-refractivity contribution in [2.45, 2.75) is 58.5 Å². The van der Waals surface area contributed by atoms with Gasteiger partial charge in [0.15, 0.2) is 5.17 Å². The van der Waals surface area contributed by atoms with Crippen molar-refractivity contribution < 1.29 is 4.79 Å². The minimum absolute atomic E-state index is 0.170. The summed E-state index contributed by atoms with van der Waals surface area (Å²) in [5.74, 6) is 2.08. The fourth-order valence-corrected chi connectivity index (χ4v) is 4.29. The van der Waals surface area contributed by atoms with Gasteiger partial charge in [-0.2, -0.15) is 0 Å². The summed E-state index contributed by atoms with van der Waals surface area (Å²) in [7, 11) is 0. The smallest absolute Gasteiger partial charge is 0.244 e. The summed E-state index contributed by atoms with van der Waals surface area (Å²) in [5, 5.41) is 4.30. The van der Waals surface area contributed by atoms with Crippen LogP contribution in [0.4, 0.5) is 0 Å². The zero-order valence-corrected chi connectivity index (χ0v) is 13.7. The van der Waals surface area contributed by atoms with Crippen LogP contribution in [0.15, 0.2) is 4.99 Å². The minimum Gasteiger partial charge on any atom is -0.353 e. The van der Waals surface area contributed by atoms with E-state index in [0.29, 0.717) is 6.04 Å². The number of carbonyl (C=O) groups is 1. The van der Waals surface area contributed by atoms with Crippen LogP contribution in [-0.2, 0) is 4.79 Å². The fraction of sp³-hybridized carbons (Fsp3) is 0.867. The van der Waals surface area contributed by atoms with Crippen molar-refractivity contribution in [3.63, 3.8) is 0 Å². The lowest BCUT2D eigenvalue weighted by atomic mass is 9.86. The van der Waals surface area contributed by atoms with Crippen molar-refractivity contribution in [3.05, 3.63) is 0 Å². The number of hydrogen-bond donors (Lipinski definition) is 1. The van der Waals surface area contributed by atoms with E-state index in [1.165, 1.54) is 25.7 Å². The largest absolute Gasteiger partial charge is 0.353 e. The van der Waals surface area contributed by atoms with Crippen LogP contribution in [0.5, 0.6) is 0 Å². The van der Waals surface area contributed by atoms with Crippen molar-refractivity contribution in [2.24, 2.45) is 10.9 Å². The van der Waals surface area contributed by atoms with Gasteiger partial charge >= 0.3 is 0 Å². The van der Waals surface area contributed by atoms with Gasteiger partial charge in [-0.25, -0.2) is 0 Å². The Bertz CT molecular complexity index is 368. The van der Waals surface area contributed by atoms with Crippen LogP contribution in [0.25, 0.3) is 0 Å². The van der Waals surface area contributed by atoms with E-state index in [4.69, 9.17) is 4.99 Å². The molecule has 1 fully saturated rings. The SMILES string of the molecule is CCN(CC)C(=O)C(C)NC1=NC2CCCCC2CS1. The molecule has 0 aromatic carbocycles. The summed E-state index contributed by atoms with van der Waals surface area (Å²) in [6, 6.07) is 0.310. The number of nitrogens with one attached hydrogen (secondary N) is 1. The van der Waals surface area contributed by atoms with Crippen molar-refractivity contribution in [3.8, 4) is 0 Å². The number of carbonyl (C=O) groups excluding carboxylic acids is 1. The van der Waals surface area contributed by atoms with Crippen LogP contribution >= 0.6 is 11.8 Å². The number of amidine groups is 1. The van der Waals surface area contributed by atoms with Gasteiger partial charge < -0.3 is 10.2 Å². The van der Waals surface area contributed by atoms with Crippen molar-refractivity contribution >= 4 is 22.8 Å². The summed E-state index contributed by atoms with van der Waals surface area (Å²) in [6.07, 6.45) is 5.20. The second kappa shape index (κ2) is 7.34. The van der Waals surface area contributed by atoms with Crippen LogP contribution in [0.2, 0.25) is 0 Å². The molecule has 2 rings (SSSR count). The molecule has 1 amide bonds. The maximum atomic E-state index is 12.3. The maximum absolute atomic E-state index is 12.3. The van der Waals surface area contributed by atoms with E-state index in [2.05, 4.69) is 5.32 Å². The van der Waals surface area contributed by atoms with Gasteiger partial charge in [-0.15, -0.1) is 0 Å². The highest BCUT2D eigenvalue weighted by Gasteiger charge is 2.30. The number of likely N-dealkylation sites (N-methyl/N-ethyl adjacent to an activating group) is 1. The molecule has 0 bridgehead atoms. The molecule has 0 saturated heterocycles. The molecule has 0 aromatic rings. The lowest BCUT2D eigenvalue weighted by molar-refractivity contribution is -0.132. The van der Waals surface area contributed by atoms with Crippen molar-refractivity contribution in [2.75, 3.05) is 18.8 Å². The second-order valence-corrected chi connectivity index (χ2v) is 6.74. The molecule has 3 unspecified atom stereocenters. The Balaban J connectivity index is 1.92. The van der Waals surface area contributed by atoms with E-state index in [-0.39, 0.29) is 11.9 Å². The molecule has 1 heterocycles. The third-order valence-electron chi connectivity index (χ3n) is 4.37. The molecule has 0 spiro atoms. The fourth-order valence-electron chi connectivity index (χ4n) is 3.06. The Morgan fingerprint density at radius 2 is 2.10 bits per heavy atom. The molecular formula is C15H27N3OS. The third kappa shape index (κ3) is 3.68. The maximum Gasteiger partial charge on any atom is 0.244 e. The predicted molar refractivity (Wildman–Crippen MR) is 86.2 cm³/mol. The Morgan fingerprint density at radius 3 is 2.80 bits per heavy atom. The van der Waals surface area contributed by atoms with Gasteiger partial charge in [-0.1, -0.05) is 24.6 Å². The number of fused-ring (bicyclic) bond motifs is 1. The normalized spacial score (nSPS) is 27.2. The van der Waals surface area contributed by atoms with Gasteiger partial charge in [0.25, 0.3) is 0 Å². The van der Waals surface area contributed by atoms with Gasteiger partial charge in [0.05, 0.1) is 6.04 Å². The molecule has 20 heavy (non-hydrogen) atoms. The van der Waals surface area contributed by atoms with Crippen LogP contribution in [0.1, 0.15) is 46.5 Å². The molecule has 1 saturated carbocycles. The first-order valence-corrected chi connectivity index (χ1v) is 8.90. The molecule has 2 aliphatic rings. The molecule has 0 radical (unpaired) electrons. The van der Waals surface area contributed by atoms with E-state index in [1.807, 2.05) is 25.7 Å². The van der Waals surface area contributed by atoms with Gasteiger partial charge in [0.1, 0.15) is 6.04 Å². The topological polar surface area (TPSA) is 44.7 Å². The summed E-state index contributed by atoms with van der Waals surface area (Å²) in [5.41, 5.74) is 0. The molecule has 114 valence electrons. The molecule has 1 aliphatic heterocycles. The third-order valence-corrected chi connectivity index (χ3v) is 5.46. The van der Waals surface area contributed by atoms with Gasteiger partial charge in [-0.3, -0.25) is 9.79 Å². The number of aliphatic imine (C=N–C) groups is 1. The van der Waals surface area contributed by atoms with E-state index < -0.39 is 0 Å². The first kappa shape index (κ1) is 15.7. The Morgan fingerprint density at radius 1 is 1.40 bits per heavy atom. The van der Waals surface area contributed by atoms with Gasteiger partial charge in [-0.05, 0) is 39.5 Å². The monoisotopic (exact) mass is 297 g/mol. The summed E-state index contributed by atoms with van der Waals surface area (Å²) in [6.45, 7) is 7.52. The Kier molecular flexibility index (Phi) is 5.75. The highest BCUT2D eigenvalue weighted by molar-refractivity contribution is 8.13. The van der Waals surface area contributed by atoms with Gasteiger partial charge in [0.2, 0.25) is 5.91 Å². The van der Waals surface area contributed by atoms with E-state index >= 15 is 0 Å². The summed E-state index contributed by atoms with van der Waals surface area (Å²) >= 11 is 1.79. The van der Waals surface area contributed by atoms with Crippen LogP contribution < -0.4 is 5.32 Å². The van der Waals surface area contributed by atoms with Crippen LogP contribution in [0, 0.1) is 5.92 Å². The highest BCUT2D eigenvalue weighted by Crippen LogP contribution is 2.33. The first-order valence-electron chi connectivity index (χ1n) is 7.91. The number of nitrogens with zero attached hydrogens (tertiary/aromatic N) is 2. The first-order chi connectivity index (χ1) is 9.65. The molecule has 0 aromatic heterocycles. The molecule has 5 heteroatoms. The molecule has 1 aliphatic carbocycles. The van der Waals surface area contributed by atoms with E-state index in [1.54, 1.807) is 11.8 Å². The molecular weight excluding hydrogens is 270 g/mol. The van der Waals surface area contributed by atoms with Crippen LogP contribution in [0.3, 0.4) is 0 Å². The lowest BCUT2D eigenvalue weighted by Gasteiger charge is -2.33. The molecule has 1 N–H and O–H groups in total. The Hall–Kier alpha value is -0.710. The predicted octanol–water partition coefficient (Wildman–Crippen LogP) is 2.49. The van der Waals surface area contributed by atoms with Gasteiger partial charge in [0, 0.05) is 18.8 Å². The van der Waals surface area contributed by atoms with Crippen molar-refractivity contribution in [1.82, 2.24) is 10.2 Å². The molecule has 4 nitrogen and oxygen atoms in total. The average Bonchev–Trinajstić information content (AvgIpc) is 2.48. The second-order valence-electron chi connectivity index (χ2n) is 5.73. The summed E-state index contributed by atoms with van der Waals surface area (Å²) < 4.78 is 0. The van der Waals surface area contributed by atoms with Crippen molar-refractivity contribution in [1.29, 1.82) is 0 Å². The number of hydrogen-bond acceptors (Lipinski definition) is 4. The highest BCUT2D eigenvalue weighted by atomic mass is 32.2. The zero-order chi connectivity index (χ0) is 14.5. The zero-order valence-electron chi connectivity index (χ0n) is 12.9. The quantitative estimate of drug-likeness (QED) is 0.867. The standard InChI is InChI=1S/C15H27N3OS/c1-4-18(5-2)14(19)11(3)16-15-17-13-9-7-6-8-12(13)10-20-15/h11-13H,4-10H2,1-3H3,(H,16,17). The van der Waals surface area contributed by atoms with Crippen LogP contribution in [-0.4, -0.2) is 46.9 Å². The number of rotatable bonds is 4. The summed E-state index contributed by atoms with van der Waals surface area (Å²) in [4.78, 5) is 19.0. The number of thioether (sulfide) groups is 1. The van der Waals surface area contributed by atoms with E-state index in [0.717, 1.165) is 29.9 Å². The van der Waals surface area contributed by atoms with E-state index in [9.17, 15) is 4.79 Å². The minimum atomic E-state index is -0.179. The average molecular weight is 297 g/mol. The molecule has 3 atom stereocenters. The lowest BCUT2D eigenvalue weighted by Crippen LogP contribution is -2.47. The number of amides is 1. The Labute approximate surface area is 126 Å².